The van der Waals surface area contributed by atoms with Crippen molar-refractivity contribution in [3.8, 4) is 0 Å². The summed E-state index contributed by atoms with van der Waals surface area (Å²) in [4.78, 5) is 12.2. The molecule has 0 aromatic heterocycles. The lowest BCUT2D eigenvalue weighted by Gasteiger charge is -2.57. The molecule has 24 heavy (non-hydrogen) atoms. The maximum Gasteiger partial charge on any atom is 0.133 e. The van der Waals surface area contributed by atoms with E-state index in [0.29, 0.717) is 23.5 Å². The summed E-state index contributed by atoms with van der Waals surface area (Å²) in [6.07, 6.45) is 9.98. The third-order valence-electron chi connectivity index (χ3n) is 8.85. The molecule has 0 radical (unpaired) electrons. The number of aliphatic hydroxyl groups excluding tert-OH is 1. The number of aliphatic hydroxyl groups is 1. The van der Waals surface area contributed by atoms with E-state index in [4.69, 9.17) is 4.74 Å². The standard InChI is InChI=1S/C21H30O3/c1-12(22)15-3-4-16-14-10-19-18-9-13(23)5-8-21(18,11-24-19)17(14)6-7-20(15,16)2/h9,13-17,19,23H,3-8,10-11H2,1-2H3/t13-,14+,15-,16+,17+,19?,20-,21+/m1/s1. The zero-order valence-electron chi connectivity index (χ0n) is 15.0. The molecule has 0 aromatic rings. The van der Waals surface area contributed by atoms with Gasteiger partial charge in [-0.1, -0.05) is 13.0 Å². The lowest BCUT2D eigenvalue weighted by Crippen LogP contribution is -2.53. The fourth-order valence-electron chi connectivity index (χ4n) is 7.85. The molecule has 1 unspecified atom stereocenters. The van der Waals surface area contributed by atoms with Gasteiger partial charge in [0.25, 0.3) is 0 Å². The fourth-order valence-corrected chi connectivity index (χ4v) is 7.85. The van der Waals surface area contributed by atoms with Gasteiger partial charge in [0, 0.05) is 11.3 Å². The van der Waals surface area contributed by atoms with E-state index in [1.165, 1.54) is 24.8 Å². The second-order valence-corrected chi connectivity index (χ2v) is 9.58. The summed E-state index contributed by atoms with van der Waals surface area (Å²) in [6.45, 7) is 5.08. The Balaban J connectivity index is 1.53. The van der Waals surface area contributed by atoms with Gasteiger partial charge in [-0.25, -0.2) is 0 Å². The Morgan fingerprint density at radius 2 is 2.04 bits per heavy atom. The molecule has 3 nitrogen and oxygen atoms in total. The summed E-state index contributed by atoms with van der Waals surface area (Å²) >= 11 is 0. The summed E-state index contributed by atoms with van der Waals surface area (Å²) in [5.74, 6) is 2.81. The van der Waals surface area contributed by atoms with Gasteiger partial charge in [-0.15, -0.1) is 0 Å². The van der Waals surface area contributed by atoms with Gasteiger partial charge in [0.05, 0.1) is 18.8 Å². The number of ketones is 1. The van der Waals surface area contributed by atoms with Gasteiger partial charge in [0.2, 0.25) is 0 Å². The van der Waals surface area contributed by atoms with E-state index >= 15 is 0 Å². The molecule has 3 heteroatoms. The predicted molar refractivity (Wildman–Crippen MR) is 91.3 cm³/mol. The minimum Gasteiger partial charge on any atom is -0.389 e. The van der Waals surface area contributed by atoms with Gasteiger partial charge >= 0.3 is 0 Å². The van der Waals surface area contributed by atoms with E-state index in [1.807, 2.05) is 0 Å². The van der Waals surface area contributed by atoms with E-state index in [-0.39, 0.29) is 29.0 Å². The molecular formula is C21H30O3. The number of hydrogen-bond donors (Lipinski definition) is 1. The molecule has 0 aromatic carbocycles. The van der Waals surface area contributed by atoms with Crippen LogP contribution in [0.3, 0.4) is 0 Å². The number of fused-ring (bicyclic) bond motifs is 3. The fraction of sp³-hybridized carbons (Fsp3) is 0.857. The van der Waals surface area contributed by atoms with Crippen LogP contribution in [0.25, 0.3) is 0 Å². The number of rotatable bonds is 1. The van der Waals surface area contributed by atoms with Crippen LogP contribution < -0.4 is 0 Å². The van der Waals surface area contributed by atoms with Crippen molar-refractivity contribution in [2.24, 2.45) is 34.5 Å². The van der Waals surface area contributed by atoms with Crippen molar-refractivity contribution >= 4 is 5.78 Å². The van der Waals surface area contributed by atoms with E-state index in [1.54, 1.807) is 6.92 Å². The third kappa shape index (κ3) is 1.78. The minimum absolute atomic E-state index is 0.211. The average Bonchev–Trinajstić information content (AvgIpc) is 3.02. The number of Topliss-reactive ketones (excluding diaryl/α,β-unsaturated/α-hetero) is 1. The maximum atomic E-state index is 12.2. The Morgan fingerprint density at radius 1 is 1.21 bits per heavy atom. The smallest absolute Gasteiger partial charge is 0.133 e. The molecular weight excluding hydrogens is 300 g/mol. The molecule has 1 saturated heterocycles. The Bertz CT molecular complexity index is 610. The lowest BCUT2D eigenvalue weighted by molar-refractivity contribution is -0.127. The van der Waals surface area contributed by atoms with Crippen molar-refractivity contribution in [3.63, 3.8) is 0 Å². The summed E-state index contributed by atoms with van der Waals surface area (Å²) in [6, 6.07) is 0. The van der Waals surface area contributed by atoms with Crippen molar-refractivity contribution < 1.29 is 14.6 Å². The first-order valence-electron chi connectivity index (χ1n) is 9.98. The van der Waals surface area contributed by atoms with Gasteiger partial charge in [-0.3, -0.25) is 4.79 Å². The van der Waals surface area contributed by atoms with Crippen molar-refractivity contribution in [2.45, 2.75) is 71.0 Å². The van der Waals surface area contributed by atoms with Crippen LogP contribution in [0, 0.1) is 34.5 Å². The highest BCUT2D eigenvalue weighted by Gasteiger charge is 2.64. The largest absolute Gasteiger partial charge is 0.389 e. The lowest BCUT2D eigenvalue weighted by atomic mass is 9.46. The van der Waals surface area contributed by atoms with Crippen LogP contribution in [0.5, 0.6) is 0 Å². The van der Waals surface area contributed by atoms with Crippen molar-refractivity contribution in [2.75, 3.05) is 6.61 Å². The van der Waals surface area contributed by atoms with Gasteiger partial charge in [-0.05, 0) is 80.6 Å². The molecule has 4 aliphatic carbocycles. The summed E-state index contributed by atoms with van der Waals surface area (Å²) < 4.78 is 6.26. The quantitative estimate of drug-likeness (QED) is 0.749. The number of carbonyl (C=O) groups excluding carboxylic acids is 1. The van der Waals surface area contributed by atoms with Crippen LogP contribution >= 0.6 is 0 Å². The molecule has 0 amide bonds. The number of ether oxygens (including phenoxy) is 1. The van der Waals surface area contributed by atoms with E-state index < -0.39 is 0 Å². The topological polar surface area (TPSA) is 46.5 Å². The van der Waals surface area contributed by atoms with Crippen LogP contribution in [0.2, 0.25) is 0 Å². The van der Waals surface area contributed by atoms with Crippen LogP contribution in [-0.4, -0.2) is 29.7 Å². The van der Waals surface area contributed by atoms with E-state index in [2.05, 4.69) is 13.0 Å². The van der Waals surface area contributed by atoms with Gasteiger partial charge in [0.1, 0.15) is 5.78 Å². The first-order chi connectivity index (χ1) is 11.5. The third-order valence-corrected chi connectivity index (χ3v) is 8.85. The van der Waals surface area contributed by atoms with Crippen LogP contribution in [0.1, 0.15) is 58.8 Å². The van der Waals surface area contributed by atoms with Gasteiger partial charge < -0.3 is 9.84 Å². The average molecular weight is 330 g/mol. The highest BCUT2D eigenvalue weighted by molar-refractivity contribution is 5.79. The van der Waals surface area contributed by atoms with Crippen LogP contribution in [-0.2, 0) is 9.53 Å². The molecule has 5 aliphatic rings. The van der Waals surface area contributed by atoms with Gasteiger partial charge in [0.15, 0.2) is 0 Å². The second-order valence-electron chi connectivity index (χ2n) is 9.58. The zero-order chi connectivity index (χ0) is 16.7. The molecule has 0 spiro atoms. The molecule has 1 N–H and O–H groups in total. The number of hydrogen-bond acceptors (Lipinski definition) is 3. The summed E-state index contributed by atoms with van der Waals surface area (Å²) in [5, 5.41) is 10.1. The molecule has 132 valence electrons. The second kappa shape index (κ2) is 4.94. The van der Waals surface area contributed by atoms with Crippen molar-refractivity contribution in [1.82, 2.24) is 0 Å². The molecule has 2 bridgehead atoms. The number of carbonyl (C=O) groups is 1. The predicted octanol–water partition coefficient (Wildman–Crippen LogP) is 3.50. The maximum absolute atomic E-state index is 12.2. The highest BCUT2D eigenvalue weighted by Crippen LogP contribution is 2.68. The Kier molecular flexibility index (Phi) is 3.21. The highest BCUT2D eigenvalue weighted by atomic mass is 16.5. The van der Waals surface area contributed by atoms with E-state index in [9.17, 15) is 9.90 Å². The van der Waals surface area contributed by atoms with Gasteiger partial charge in [-0.2, -0.15) is 0 Å². The first kappa shape index (κ1) is 15.6. The van der Waals surface area contributed by atoms with Crippen molar-refractivity contribution in [3.05, 3.63) is 11.6 Å². The van der Waals surface area contributed by atoms with Crippen LogP contribution in [0.15, 0.2) is 11.6 Å². The molecule has 5 rings (SSSR count). The molecule has 1 heterocycles. The van der Waals surface area contributed by atoms with Crippen molar-refractivity contribution in [1.29, 1.82) is 0 Å². The van der Waals surface area contributed by atoms with Crippen LogP contribution in [0.4, 0.5) is 0 Å². The zero-order valence-corrected chi connectivity index (χ0v) is 15.0. The Morgan fingerprint density at radius 3 is 2.83 bits per heavy atom. The molecule has 1 aliphatic heterocycles. The molecule has 4 fully saturated rings. The Hall–Kier alpha value is -0.670. The first-order valence-corrected chi connectivity index (χ1v) is 9.98. The molecule has 3 saturated carbocycles. The Labute approximate surface area is 144 Å². The SMILES string of the molecule is CC(=O)[C@H]1CC[C@H]2[C@@H]3CC4OC[C@@]5(CC[C@@H](O)C=C45)[C@H]3CC[C@]12C. The normalized spacial score (nSPS) is 55.4. The molecule has 8 atom stereocenters. The monoisotopic (exact) mass is 330 g/mol. The minimum atomic E-state index is -0.267. The summed E-state index contributed by atoms with van der Waals surface area (Å²) in [7, 11) is 0. The summed E-state index contributed by atoms with van der Waals surface area (Å²) in [5.41, 5.74) is 1.87. The van der Waals surface area contributed by atoms with E-state index in [0.717, 1.165) is 32.3 Å².